The van der Waals surface area contributed by atoms with Crippen molar-refractivity contribution in [2.45, 2.75) is 24.7 Å². The van der Waals surface area contributed by atoms with Gasteiger partial charge in [-0.3, -0.25) is 0 Å². The Morgan fingerprint density at radius 1 is 1.19 bits per heavy atom. The zero-order valence-corrected chi connectivity index (χ0v) is 16.0. The topological polar surface area (TPSA) is 63.7 Å². The molecule has 1 aliphatic heterocycles. The van der Waals surface area contributed by atoms with Crippen LogP contribution in [-0.2, 0) is 10.0 Å². The molecule has 0 unspecified atom stereocenters. The van der Waals surface area contributed by atoms with Crippen molar-refractivity contribution < 1.29 is 17.9 Å². The molecule has 1 fully saturated rings. The minimum absolute atomic E-state index is 0.0595. The molecule has 1 aliphatic rings. The van der Waals surface area contributed by atoms with Gasteiger partial charge in [0, 0.05) is 13.1 Å². The van der Waals surface area contributed by atoms with Gasteiger partial charge in [-0.05, 0) is 49.1 Å². The molecule has 0 N–H and O–H groups in total. The van der Waals surface area contributed by atoms with Crippen LogP contribution < -0.4 is 4.74 Å². The molecule has 0 aromatic heterocycles. The second kappa shape index (κ2) is 7.78. The highest BCUT2D eigenvalue weighted by Gasteiger charge is 2.31. The average Bonchev–Trinajstić information content (AvgIpc) is 2.62. The zero-order valence-electron chi connectivity index (χ0n) is 14.4. The maximum Gasteiger partial charge on any atom is 0.343 e. The minimum atomic E-state index is -3.76. The molecule has 1 heterocycles. The van der Waals surface area contributed by atoms with Crippen molar-refractivity contribution in [2.75, 3.05) is 13.1 Å². The zero-order chi connectivity index (χ0) is 18.7. The molecule has 1 atom stereocenters. The molecule has 0 aliphatic carbocycles. The summed E-state index contributed by atoms with van der Waals surface area (Å²) in [7, 11) is -3.76. The van der Waals surface area contributed by atoms with Gasteiger partial charge >= 0.3 is 5.97 Å². The van der Waals surface area contributed by atoms with Crippen molar-refractivity contribution in [3.63, 3.8) is 0 Å². The molecule has 26 heavy (non-hydrogen) atoms. The molecule has 5 nitrogen and oxygen atoms in total. The Kier molecular flexibility index (Phi) is 5.65. The van der Waals surface area contributed by atoms with E-state index in [4.69, 9.17) is 16.3 Å². The predicted molar refractivity (Wildman–Crippen MR) is 100 cm³/mol. The Bertz CT molecular complexity index is 899. The minimum Gasteiger partial charge on any atom is -0.423 e. The largest absolute Gasteiger partial charge is 0.423 e. The maximum atomic E-state index is 13.0. The molecule has 7 heteroatoms. The second-order valence-corrected chi connectivity index (χ2v) is 8.77. The highest BCUT2D eigenvalue weighted by molar-refractivity contribution is 7.89. The molecule has 1 saturated heterocycles. The highest BCUT2D eigenvalue weighted by Crippen LogP contribution is 2.29. The summed E-state index contributed by atoms with van der Waals surface area (Å²) in [5.41, 5.74) is 0.141. The number of sulfonamides is 1. The summed E-state index contributed by atoms with van der Waals surface area (Å²) < 4.78 is 32.7. The highest BCUT2D eigenvalue weighted by atomic mass is 35.5. The van der Waals surface area contributed by atoms with Crippen LogP contribution in [-0.4, -0.2) is 31.8 Å². The van der Waals surface area contributed by atoms with Crippen LogP contribution in [0.25, 0.3) is 0 Å². The van der Waals surface area contributed by atoms with Crippen molar-refractivity contribution in [1.82, 2.24) is 4.31 Å². The fourth-order valence-corrected chi connectivity index (χ4v) is 5.08. The number of carbonyl (C=O) groups excluding carboxylic acids is 1. The number of piperidine rings is 1. The summed E-state index contributed by atoms with van der Waals surface area (Å²) in [6, 6.07) is 12.8. The second-order valence-electron chi connectivity index (χ2n) is 6.46. The van der Waals surface area contributed by atoms with Gasteiger partial charge in [-0.25, -0.2) is 13.2 Å². The van der Waals surface area contributed by atoms with E-state index in [1.165, 1.54) is 22.5 Å². The van der Waals surface area contributed by atoms with Gasteiger partial charge in [0.15, 0.2) is 0 Å². The molecule has 0 radical (unpaired) electrons. The number of ether oxygens (including phenoxy) is 1. The van der Waals surface area contributed by atoms with E-state index in [0.29, 0.717) is 24.8 Å². The van der Waals surface area contributed by atoms with Gasteiger partial charge in [-0.15, -0.1) is 0 Å². The van der Waals surface area contributed by atoms with E-state index in [0.717, 1.165) is 12.8 Å². The number of carbonyl (C=O) groups is 1. The summed E-state index contributed by atoms with van der Waals surface area (Å²) in [6.45, 7) is 2.94. The number of para-hydroxylation sites is 1. The Morgan fingerprint density at radius 2 is 1.92 bits per heavy atom. The SMILES string of the molecule is C[C@@H]1CCCN(S(=O)(=O)c2cc(C(=O)Oc3ccccc3)ccc2Cl)C1. The molecular formula is C19H20ClNO4S. The van der Waals surface area contributed by atoms with Crippen molar-refractivity contribution in [2.24, 2.45) is 5.92 Å². The maximum absolute atomic E-state index is 13.0. The van der Waals surface area contributed by atoms with E-state index in [2.05, 4.69) is 0 Å². The quantitative estimate of drug-likeness (QED) is 0.582. The first-order valence-electron chi connectivity index (χ1n) is 8.45. The number of rotatable bonds is 4. The number of halogens is 1. The van der Waals surface area contributed by atoms with Crippen LogP contribution in [0, 0.1) is 5.92 Å². The van der Waals surface area contributed by atoms with Crippen LogP contribution in [0.2, 0.25) is 5.02 Å². The van der Waals surface area contributed by atoms with Crippen LogP contribution in [0.1, 0.15) is 30.1 Å². The van der Waals surface area contributed by atoms with Crippen molar-refractivity contribution >= 4 is 27.6 Å². The molecule has 0 saturated carbocycles. The predicted octanol–water partition coefficient (Wildman–Crippen LogP) is 3.98. The molecule has 0 amide bonds. The van der Waals surface area contributed by atoms with E-state index in [9.17, 15) is 13.2 Å². The summed E-state index contributed by atoms with van der Waals surface area (Å²) >= 11 is 6.14. The van der Waals surface area contributed by atoms with E-state index in [-0.39, 0.29) is 15.5 Å². The summed E-state index contributed by atoms with van der Waals surface area (Å²) in [6.07, 6.45) is 1.82. The Labute approximate surface area is 158 Å². The molecule has 2 aromatic carbocycles. The van der Waals surface area contributed by atoms with Crippen LogP contribution in [0.15, 0.2) is 53.4 Å². The standard InChI is InChI=1S/C19H20ClNO4S/c1-14-6-5-11-21(13-14)26(23,24)18-12-15(9-10-17(18)20)19(22)25-16-7-3-2-4-8-16/h2-4,7-10,12,14H,5-6,11,13H2,1H3/t14-/m1/s1. The molecular weight excluding hydrogens is 374 g/mol. The number of nitrogens with zero attached hydrogens (tertiary/aromatic N) is 1. The number of hydrogen-bond donors (Lipinski definition) is 0. The Morgan fingerprint density at radius 3 is 2.62 bits per heavy atom. The normalized spacial score (nSPS) is 18.5. The van der Waals surface area contributed by atoms with Gasteiger partial charge in [0.05, 0.1) is 10.6 Å². The molecule has 0 bridgehead atoms. The Hall–Kier alpha value is -1.89. The summed E-state index contributed by atoms with van der Waals surface area (Å²) in [4.78, 5) is 12.3. The lowest BCUT2D eigenvalue weighted by molar-refractivity contribution is 0.0734. The Balaban J connectivity index is 1.88. The molecule has 0 spiro atoms. The fourth-order valence-electron chi connectivity index (χ4n) is 2.99. The third-order valence-electron chi connectivity index (χ3n) is 4.36. The van der Waals surface area contributed by atoms with E-state index < -0.39 is 16.0 Å². The summed E-state index contributed by atoms with van der Waals surface area (Å²) in [5.74, 6) is 0.0570. The van der Waals surface area contributed by atoms with Crippen molar-refractivity contribution in [3.8, 4) is 5.75 Å². The smallest absolute Gasteiger partial charge is 0.343 e. The molecule has 3 rings (SSSR count). The fraction of sp³-hybridized carbons (Fsp3) is 0.316. The molecule has 138 valence electrons. The summed E-state index contributed by atoms with van der Waals surface area (Å²) in [5, 5.41) is 0.0967. The van der Waals surface area contributed by atoms with Crippen molar-refractivity contribution in [3.05, 3.63) is 59.1 Å². The van der Waals surface area contributed by atoms with E-state index in [1.54, 1.807) is 24.3 Å². The lowest BCUT2D eigenvalue weighted by Crippen LogP contribution is -2.39. The van der Waals surface area contributed by atoms with Crippen LogP contribution in [0.3, 0.4) is 0 Å². The third-order valence-corrected chi connectivity index (χ3v) is 6.70. The van der Waals surface area contributed by atoms with Gasteiger partial charge in [0.2, 0.25) is 10.0 Å². The third kappa shape index (κ3) is 4.09. The van der Waals surface area contributed by atoms with Crippen LogP contribution >= 0.6 is 11.6 Å². The van der Waals surface area contributed by atoms with Crippen molar-refractivity contribution in [1.29, 1.82) is 0 Å². The first kappa shape index (κ1) is 18.9. The average molecular weight is 394 g/mol. The lowest BCUT2D eigenvalue weighted by Gasteiger charge is -2.30. The van der Waals surface area contributed by atoms with Gasteiger partial charge in [0.25, 0.3) is 0 Å². The van der Waals surface area contributed by atoms with E-state index in [1.807, 2.05) is 13.0 Å². The van der Waals surface area contributed by atoms with E-state index >= 15 is 0 Å². The van der Waals surface area contributed by atoms with Crippen LogP contribution in [0.5, 0.6) is 5.75 Å². The first-order valence-corrected chi connectivity index (χ1v) is 10.3. The van der Waals surface area contributed by atoms with Gasteiger partial charge in [-0.1, -0.05) is 36.7 Å². The van der Waals surface area contributed by atoms with Crippen LogP contribution in [0.4, 0.5) is 0 Å². The lowest BCUT2D eigenvalue weighted by atomic mass is 10.0. The number of esters is 1. The van der Waals surface area contributed by atoms with Gasteiger partial charge < -0.3 is 4.74 Å². The monoisotopic (exact) mass is 393 g/mol. The molecule has 2 aromatic rings. The number of benzene rings is 2. The number of hydrogen-bond acceptors (Lipinski definition) is 4. The van der Waals surface area contributed by atoms with Gasteiger partial charge in [-0.2, -0.15) is 4.31 Å². The van der Waals surface area contributed by atoms with Gasteiger partial charge in [0.1, 0.15) is 10.6 Å². The first-order chi connectivity index (χ1) is 12.4.